The second-order valence-corrected chi connectivity index (χ2v) is 3.47. The largest absolute Gasteiger partial charge is 0.263 e. The van der Waals surface area contributed by atoms with Gasteiger partial charge in [0.25, 0.3) is 0 Å². The molecule has 13 heavy (non-hydrogen) atoms. The van der Waals surface area contributed by atoms with E-state index in [0.29, 0.717) is 0 Å². The fourth-order valence-corrected chi connectivity index (χ4v) is 1.47. The molecule has 1 aromatic carbocycles. The van der Waals surface area contributed by atoms with Gasteiger partial charge in [0, 0.05) is 5.56 Å². The van der Waals surface area contributed by atoms with Gasteiger partial charge in [0.1, 0.15) is 0 Å². The van der Waals surface area contributed by atoms with Crippen LogP contribution in [0.25, 0.3) is 5.70 Å². The molecule has 0 aliphatic carbocycles. The first-order valence-corrected chi connectivity index (χ1v) is 5.33. The maximum absolute atomic E-state index is 3.97. The predicted octanol–water partition coefficient (Wildman–Crippen LogP) is 3.36. The molecular weight excluding hydrogens is 178 g/mol. The molecule has 0 bridgehead atoms. The number of hydrogen-bond acceptors (Lipinski definition) is 2. The molecule has 0 aromatic heterocycles. The molecule has 2 heteroatoms. The highest BCUT2D eigenvalue weighted by Gasteiger charge is 1.96. The van der Waals surface area contributed by atoms with Crippen molar-refractivity contribution < 1.29 is 0 Å². The van der Waals surface area contributed by atoms with Crippen molar-refractivity contribution in [2.75, 3.05) is 6.26 Å². The molecule has 68 valence electrons. The van der Waals surface area contributed by atoms with Crippen molar-refractivity contribution in [3.63, 3.8) is 0 Å². The van der Waals surface area contributed by atoms with Crippen LogP contribution in [0.5, 0.6) is 0 Å². The summed E-state index contributed by atoms with van der Waals surface area (Å²) in [6.07, 6.45) is 2.01. The molecule has 1 aromatic rings. The van der Waals surface area contributed by atoms with E-state index in [-0.39, 0.29) is 0 Å². The average Bonchev–Trinajstić information content (AvgIpc) is 2.16. The van der Waals surface area contributed by atoms with E-state index in [4.69, 9.17) is 0 Å². The van der Waals surface area contributed by atoms with Crippen molar-refractivity contribution in [2.45, 2.75) is 6.92 Å². The minimum Gasteiger partial charge on any atom is -0.263 e. The van der Waals surface area contributed by atoms with Crippen molar-refractivity contribution >= 4 is 24.2 Å². The lowest BCUT2D eigenvalue weighted by molar-refractivity contribution is 1.44. The summed E-state index contributed by atoms with van der Waals surface area (Å²) in [5, 5.41) is 2.00. The first-order valence-electron chi connectivity index (χ1n) is 4.04. The van der Waals surface area contributed by atoms with Gasteiger partial charge in [-0.15, -0.1) is 11.8 Å². The fourth-order valence-electron chi connectivity index (χ4n) is 1.03. The summed E-state index contributed by atoms with van der Waals surface area (Å²) in [6.45, 7) is 5.62. The Morgan fingerprint density at radius 1 is 1.38 bits per heavy atom. The molecule has 0 atom stereocenters. The number of hydrogen-bond donors (Lipinski definition) is 0. The van der Waals surface area contributed by atoms with E-state index in [0.717, 1.165) is 11.3 Å². The van der Waals surface area contributed by atoms with Gasteiger partial charge < -0.3 is 0 Å². The van der Waals surface area contributed by atoms with Gasteiger partial charge in [-0.1, -0.05) is 29.8 Å². The van der Waals surface area contributed by atoms with Gasteiger partial charge >= 0.3 is 0 Å². The van der Waals surface area contributed by atoms with E-state index >= 15 is 0 Å². The van der Waals surface area contributed by atoms with E-state index in [1.54, 1.807) is 11.8 Å². The highest BCUT2D eigenvalue weighted by molar-refractivity contribution is 8.01. The summed E-state index contributed by atoms with van der Waals surface area (Å²) in [6, 6.07) is 8.28. The Hall–Kier alpha value is -1.02. The maximum Gasteiger partial charge on any atom is 0.0757 e. The molecule has 0 radical (unpaired) electrons. The predicted molar refractivity (Wildman–Crippen MR) is 62.2 cm³/mol. The zero-order chi connectivity index (χ0) is 9.68. The minimum atomic E-state index is 0.938. The van der Waals surface area contributed by atoms with Gasteiger partial charge in [-0.05, 0) is 25.3 Å². The van der Waals surface area contributed by atoms with E-state index in [2.05, 4.69) is 42.9 Å². The summed E-state index contributed by atoms with van der Waals surface area (Å²) in [5.74, 6) is 0. The second kappa shape index (κ2) is 4.87. The summed E-state index contributed by atoms with van der Waals surface area (Å²) >= 11 is 1.64. The van der Waals surface area contributed by atoms with Crippen molar-refractivity contribution in [1.82, 2.24) is 0 Å². The van der Waals surface area contributed by atoms with Crippen molar-refractivity contribution in [1.29, 1.82) is 0 Å². The molecule has 0 unspecified atom stereocenters. The normalized spacial score (nSPS) is 11.4. The molecule has 0 aliphatic rings. The van der Waals surface area contributed by atoms with Crippen LogP contribution in [0.3, 0.4) is 0 Å². The summed E-state index contributed by atoms with van der Waals surface area (Å²) in [5.41, 5.74) is 3.32. The van der Waals surface area contributed by atoms with Crippen molar-refractivity contribution in [2.24, 2.45) is 4.99 Å². The van der Waals surface area contributed by atoms with Gasteiger partial charge in [0.15, 0.2) is 0 Å². The zero-order valence-corrected chi connectivity index (χ0v) is 8.77. The third-order valence-corrected chi connectivity index (χ3v) is 2.21. The number of aliphatic imine (C=N–C) groups is 1. The van der Waals surface area contributed by atoms with Crippen molar-refractivity contribution in [3.8, 4) is 0 Å². The van der Waals surface area contributed by atoms with Crippen LogP contribution in [0.2, 0.25) is 0 Å². The number of benzene rings is 1. The molecule has 0 saturated heterocycles. The number of aryl methyl sites for hydroxylation is 1. The average molecular weight is 191 g/mol. The SMILES string of the molecule is C=N/C(=C\SC)c1ccc(C)cc1. The monoisotopic (exact) mass is 191 g/mol. The van der Waals surface area contributed by atoms with E-state index in [1.165, 1.54) is 5.56 Å². The lowest BCUT2D eigenvalue weighted by Crippen LogP contribution is -1.80. The van der Waals surface area contributed by atoms with Gasteiger partial charge in [-0.25, -0.2) is 0 Å². The van der Waals surface area contributed by atoms with Gasteiger partial charge in [0.2, 0.25) is 0 Å². The zero-order valence-electron chi connectivity index (χ0n) is 7.95. The Kier molecular flexibility index (Phi) is 3.77. The lowest BCUT2D eigenvalue weighted by Gasteiger charge is -2.00. The molecule has 1 rings (SSSR count). The van der Waals surface area contributed by atoms with Crippen LogP contribution in [-0.4, -0.2) is 13.0 Å². The molecule has 0 saturated carbocycles. The summed E-state index contributed by atoms with van der Waals surface area (Å²) < 4.78 is 0. The number of thioether (sulfide) groups is 1. The fraction of sp³-hybridized carbons (Fsp3) is 0.182. The van der Waals surface area contributed by atoms with Crippen molar-refractivity contribution in [3.05, 3.63) is 40.8 Å². The minimum absolute atomic E-state index is 0.938. The molecule has 0 fully saturated rings. The Bertz CT molecular complexity index is 311. The van der Waals surface area contributed by atoms with Crippen LogP contribution in [-0.2, 0) is 0 Å². The topological polar surface area (TPSA) is 12.4 Å². The Morgan fingerprint density at radius 2 is 2.00 bits per heavy atom. The molecule has 0 spiro atoms. The molecule has 0 heterocycles. The van der Waals surface area contributed by atoms with Gasteiger partial charge in [0.05, 0.1) is 5.70 Å². The molecule has 0 aliphatic heterocycles. The van der Waals surface area contributed by atoms with Crippen LogP contribution >= 0.6 is 11.8 Å². The van der Waals surface area contributed by atoms with Gasteiger partial charge in [-0.2, -0.15) is 0 Å². The van der Waals surface area contributed by atoms with Crippen LogP contribution in [0.4, 0.5) is 0 Å². The summed E-state index contributed by atoms with van der Waals surface area (Å²) in [7, 11) is 0. The quantitative estimate of drug-likeness (QED) is 0.667. The highest BCUT2D eigenvalue weighted by Crippen LogP contribution is 2.18. The Balaban J connectivity index is 2.99. The first-order chi connectivity index (χ1) is 6.27. The van der Waals surface area contributed by atoms with E-state index in [9.17, 15) is 0 Å². The van der Waals surface area contributed by atoms with Gasteiger partial charge in [-0.3, -0.25) is 4.99 Å². The van der Waals surface area contributed by atoms with Crippen LogP contribution < -0.4 is 0 Å². The van der Waals surface area contributed by atoms with Crippen LogP contribution in [0, 0.1) is 6.92 Å². The lowest BCUT2D eigenvalue weighted by atomic mass is 10.1. The molecular formula is C11H13NS. The maximum atomic E-state index is 3.97. The summed E-state index contributed by atoms with van der Waals surface area (Å²) in [4.78, 5) is 3.97. The van der Waals surface area contributed by atoms with E-state index < -0.39 is 0 Å². The van der Waals surface area contributed by atoms with E-state index in [1.807, 2.05) is 11.7 Å². The molecule has 1 nitrogen and oxygen atoms in total. The number of nitrogens with zero attached hydrogens (tertiary/aromatic N) is 1. The number of rotatable bonds is 3. The second-order valence-electron chi connectivity index (χ2n) is 2.76. The smallest absolute Gasteiger partial charge is 0.0757 e. The highest BCUT2D eigenvalue weighted by atomic mass is 32.2. The standard InChI is InChI=1S/C11H13NS/c1-9-4-6-10(7-5-9)11(12-2)8-13-3/h4-8H,2H2,1,3H3/b11-8-. The Morgan fingerprint density at radius 3 is 2.46 bits per heavy atom. The third-order valence-electron chi connectivity index (χ3n) is 1.75. The van der Waals surface area contributed by atoms with Crippen LogP contribution in [0.1, 0.15) is 11.1 Å². The Labute approximate surface area is 83.6 Å². The van der Waals surface area contributed by atoms with Crippen LogP contribution in [0.15, 0.2) is 34.7 Å². The molecule has 0 amide bonds. The molecule has 0 N–H and O–H groups in total. The third kappa shape index (κ3) is 2.74. The first kappa shape index (κ1) is 10.1.